The van der Waals surface area contributed by atoms with Gasteiger partial charge in [0.25, 0.3) is 0 Å². The second-order valence-corrected chi connectivity index (χ2v) is 8.28. The first-order valence-electron chi connectivity index (χ1n) is 8.24. The third-order valence-electron chi connectivity index (χ3n) is 4.07. The Morgan fingerprint density at radius 3 is 2.04 bits per heavy atom. The molecular formula is C21H21N2OP. The van der Waals surface area contributed by atoms with Crippen molar-refractivity contribution in [2.24, 2.45) is 0 Å². The molecule has 1 heterocycles. The quantitative estimate of drug-likeness (QED) is 0.513. The number of nitrogens with zero attached hydrogens (tertiary/aromatic N) is 1. The van der Waals surface area contributed by atoms with E-state index in [1.54, 1.807) is 6.20 Å². The molecule has 0 fully saturated rings. The van der Waals surface area contributed by atoms with Gasteiger partial charge in [-0.2, -0.15) is 0 Å². The average molecular weight is 348 g/mol. The van der Waals surface area contributed by atoms with Crippen LogP contribution in [0.25, 0.3) is 0 Å². The topological polar surface area (TPSA) is 42.0 Å². The summed E-state index contributed by atoms with van der Waals surface area (Å²) >= 11 is 0. The predicted molar refractivity (Wildman–Crippen MR) is 105 cm³/mol. The molecule has 4 heteroatoms. The van der Waals surface area contributed by atoms with Gasteiger partial charge in [0.05, 0.1) is 0 Å². The third-order valence-corrected chi connectivity index (χ3v) is 6.79. The fourth-order valence-electron chi connectivity index (χ4n) is 2.81. The van der Waals surface area contributed by atoms with Crippen LogP contribution in [0.3, 0.4) is 0 Å². The minimum atomic E-state index is -3.00. The summed E-state index contributed by atoms with van der Waals surface area (Å²) in [5.74, 6) is 0. The lowest BCUT2D eigenvalue weighted by Gasteiger charge is -2.26. The largest absolute Gasteiger partial charge is 0.297 e. The van der Waals surface area contributed by atoms with Crippen LogP contribution >= 0.6 is 7.29 Å². The maximum absolute atomic E-state index is 14.1. The van der Waals surface area contributed by atoms with Gasteiger partial charge in [0.2, 0.25) is 7.29 Å². The maximum Gasteiger partial charge on any atom is 0.205 e. The number of rotatable bonds is 7. The highest BCUT2D eigenvalue weighted by Crippen LogP contribution is 2.42. The van der Waals surface area contributed by atoms with Gasteiger partial charge in [0.1, 0.15) is 0 Å². The summed E-state index contributed by atoms with van der Waals surface area (Å²) in [6.45, 7) is 3.85. The van der Waals surface area contributed by atoms with E-state index in [9.17, 15) is 4.57 Å². The van der Waals surface area contributed by atoms with Crippen LogP contribution in [0, 0.1) is 0 Å². The molecule has 0 aliphatic carbocycles. The third kappa shape index (κ3) is 3.96. The fourth-order valence-corrected chi connectivity index (χ4v) is 5.28. The molecule has 1 atom stereocenters. The van der Waals surface area contributed by atoms with E-state index in [4.69, 9.17) is 0 Å². The molecule has 0 bridgehead atoms. The molecule has 3 aromatic rings. The Morgan fingerprint density at radius 1 is 0.960 bits per heavy atom. The minimum Gasteiger partial charge on any atom is -0.297 e. The van der Waals surface area contributed by atoms with Crippen molar-refractivity contribution in [3.63, 3.8) is 0 Å². The van der Waals surface area contributed by atoms with Crippen molar-refractivity contribution in [3.05, 3.63) is 103 Å². The van der Waals surface area contributed by atoms with Crippen molar-refractivity contribution >= 4 is 17.9 Å². The molecule has 0 saturated carbocycles. The highest BCUT2D eigenvalue weighted by atomic mass is 31.2. The van der Waals surface area contributed by atoms with Crippen LogP contribution < -0.4 is 15.7 Å². The Labute approximate surface area is 148 Å². The van der Waals surface area contributed by atoms with Crippen LogP contribution in [-0.2, 0) is 4.57 Å². The molecule has 0 aliphatic heterocycles. The van der Waals surface area contributed by atoms with Crippen LogP contribution in [0.15, 0.2) is 97.8 Å². The van der Waals surface area contributed by atoms with E-state index in [2.05, 4.69) is 16.7 Å². The molecule has 0 unspecified atom stereocenters. The summed E-state index contributed by atoms with van der Waals surface area (Å²) in [4.78, 5) is 4.20. The molecular weight excluding hydrogens is 327 g/mol. The van der Waals surface area contributed by atoms with Gasteiger partial charge in [-0.25, -0.2) is 0 Å². The van der Waals surface area contributed by atoms with E-state index in [-0.39, 0.29) is 6.04 Å². The summed E-state index contributed by atoms with van der Waals surface area (Å²) in [6, 6.07) is 22.9. The van der Waals surface area contributed by atoms with Crippen LogP contribution in [0.5, 0.6) is 0 Å². The van der Waals surface area contributed by atoms with Crippen molar-refractivity contribution in [3.8, 4) is 0 Å². The monoisotopic (exact) mass is 348 g/mol. The average Bonchev–Trinajstić information content (AvgIpc) is 2.69. The molecule has 1 N–H and O–H groups in total. The Bertz CT molecular complexity index is 807. The molecule has 0 amide bonds. The molecule has 3 rings (SSSR count). The molecule has 25 heavy (non-hydrogen) atoms. The number of nitrogens with one attached hydrogen (secondary N) is 1. The minimum absolute atomic E-state index is 0.127. The highest BCUT2D eigenvalue weighted by molar-refractivity contribution is 7.76. The number of aromatic nitrogens is 1. The van der Waals surface area contributed by atoms with Gasteiger partial charge >= 0.3 is 0 Å². The zero-order chi connectivity index (χ0) is 17.5. The first-order chi connectivity index (χ1) is 12.2. The molecule has 0 spiro atoms. The maximum atomic E-state index is 14.1. The molecule has 0 saturated heterocycles. The Morgan fingerprint density at radius 2 is 1.56 bits per heavy atom. The van der Waals surface area contributed by atoms with E-state index in [1.165, 1.54) is 0 Å². The van der Waals surface area contributed by atoms with E-state index in [1.807, 2.05) is 85.1 Å². The predicted octanol–water partition coefficient (Wildman–Crippen LogP) is 4.22. The number of hydrogen-bond donors (Lipinski definition) is 1. The molecule has 0 radical (unpaired) electrons. The summed E-state index contributed by atoms with van der Waals surface area (Å²) < 4.78 is 14.1. The zero-order valence-electron chi connectivity index (χ0n) is 14.0. The van der Waals surface area contributed by atoms with Crippen LogP contribution in [0.4, 0.5) is 0 Å². The van der Waals surface area contributed by atoms with Crippen LogP contribution in [0.1, 0.15) is 18.0 Å². The highest BCUT2D eigenvalue weighted by Gasteiger charge is 2.30. The number of benzene rings is 2. The second kappa shape index (κ2) is 8.06. The van der Waals surface area contributed by atoms with Crippen molar-refractivity contribution in [1.82, 2.24) is 10.1 Å². The SMILES string of the molecule is C=CC[C@@H](NP(=O)(c1ccccc1)c1ccccc1)c1cccnc1. The van der Waals surface area contributed by atoms with E-state index in [0.29, 0.717) is 6.42 Å². The van der Waals surface area contributed by atoms with Gasteiger partial charge in [-0.1, -0.05) is 48.5 Å². The Hall–Kier alpha value is -2.48. The second-order valence-electron chi connectivity index (χ2n) is 5.77. The van der Waals surface area contributed by atoms with Gasteiger partial charge in [0.15, 0.2) is 0 Å². The van der Waals surface area contributed by atoms with Crippen LogP contribution in [0.2, 0.25) is 0 Å². The smallest absolute Gasteiger partial charge is 0.205 e. The molecule has 1 aromatic heterocycles. The van der Waals surface area contributed by atoms with Crippen molar-refractivity contribution < 1.29 is 4.57 Å². The number of pyridine rings is 1. The fraction of sp³-hybridized carbons (Fsp3) is 0.0952. The first kappa shape index (κ1) is 17.3. The van der Waals surface area contributed by atoms with Gasteiger partial charge in [-0.3, -0.25) is 14.6 Å². The zero-order valence-corrected chi connectivity index (χ0v) is 14.8. The summed E-state index contributed by atoms with van der Waals surface area (Å²) in [5.41, 5.74) is 0.995. The Balaban J connectivity index is 2.06. The summed E-state index contributed by atoms with van der Waals surface area (Å²) in [7, 11) is -3.00. The molecule has 3 nitrogen and oxygen atoms in total. The van der Waals surface area contributed by atoms with E-state index in [0.717, 1.165) is 16.2 Å². The van der Waals surface area contributed by atoms with Crippen molar-refractivity contribution in [1.29, 1.82) is 0 Å². The molecule has 126 valence electrons. The first-order valence-corrected chi connectivity index (χ1v) is 9.94. The van der Waals surface area contributed by atoms with E-state index < -0.39 is 7.29 Å². The molecule has 0 aliphatic rings. The van der Waals surface area contributed by atoms with Crippen molar-refractivity contribution in [2.75, 3.05) is 0 Å². The molecule has 2 aromatic carbocycles. The number of hydrogen-bond acceptors (Lipinski definition) is 2. The van der Waals surface area contributed by atoms with Gasteiger partial charge in [-0.05, 0) is 42.3 Å². The van der Waals surface area contributed by atoms with Crippen molar-refractivity contribution in [2.45, 2.75) is 12.5 Å². The standard InChI is InChI=1S/C21H21N2OP/c1-2-10-21(18-11-9-16-22-17-18)23-25(24,19-12-5-3-6-13-19)20-14-7-4-8-15-20/h2-9,11-17,21H,1,10H2,(H,23,24)/t21-/m1/s1. The Kier molecular flexibility index (Phi) is 5.60. The van der Waals surface area contributed by atoms with Crippen LogP contribution in [-0.4, -0.2) is 4.98 Å². The van der Waals surface area contributed by atoms with E-state index >= 15 is 0 Å². The summed E-state index contributed by atoms with van der Waals surface area (Å²) in [5, 5.41) is 5.01. The lowest BCUT2D eigenvalue weighted by molar-refractivity contribution is 0.561. The lowest BCUT2D eigenvalue weighted by atomic mass is 10.1. The lowest BCUT2D eigenvalue weighted by Crippen LogP contribution is -2.30. The van der Waals surface area contributed by atoms with Gasteiger partial charge in [-0.15, -0.1) is 6.58 Å². The van der Waals surface area contributed by atoms with Gasteiger partial charge < -0.3 is 0 Å². The normalized spacial score (nSPS) is 12.5. The summed E-state index contributed by atoms with van der Waals surface area (Å²) in [6.07, 6.45) is 6.05. The van der Waals surface area contributed by atoms with Gasteiger partial charge in [0, 0.05) is 29.0 Å².